The maximum atomic E-state index is 12.5. The second kappa shape index (κ2) is 14.6. The van der Waals surface area contributed by atoms with E-state index in [0.29, 0.717) is 11.3 Å². The standard InChI is InChI=1S/C31H42O17/c1-30(40)11-18(33)31(41)9-10-43-29(26(30)31)48-28-25(47-27-24(39)22(37)20(35)16(12-32)45-27)23(38)21(36)17(46-28)13-44-19(34)8-5-14-3-6-15(42-2)7-4-14/h3-10,16-18,20-29,32-33,35-41H,11-13H2,1-2H3/t16-,17-,18+,20-,21-,22+,23+,24-,25-,26+,27+,28+,29-,30-,31+/m1/s1. The largest absolute Gasteiger partial charge is 0.497 e. The Labute approximate surface area is 274 Å². The number of hydrogen-bond donors (Lipinski definition) is 9. The molecule has 4 aliphatic rings. The highest BCUT2D eigenvalue weighted by atomic mass is 16.8. The van der Waals surface area contributed by atoms with Crippen LogP contribution in [0.4, 0.5) is 0 Å². The molecule has 1 aliphatic carbocycles. The maximum absolute atomic E-state index is 12.5. The summed E-state index contributed by atoms with van der Waals surface area (Å²) in [4.78, 5) is 12.5. The monoisotopic (exact) mass is 686 g/mol. The van der Waals surface area contributed by atoms with Crippen LogP contribution in [0.25, 0.3) is 6.08 Å². The van der Waals surface area contributed by atoms with Crippen molar-refractivity contribution in [2.75, 3.05) is 20.3 Å². The van der Waals surface area contributed by atoms with Crippen molar-refractivity contribution in [2.45, 2.75) is 98.4 Å². The Morgan fingerprint density at radius 3 is 2.23 bits per heavy atom. The highest BCUT2D eigenvalue weighted by Gasteiger charge is 2.64. The molecule has 1 aromatic rings. The molecule has 0 radical (unpaired) electrons. The Balaban J connectivity index is 1.35. The van der Waals surface area contributed by atoms with Crippen LogP contribution in [0.15, 0.2) is 42.7 Å². The van der Waals surface area contributed by atoms with Crippen molar-refractivity contribution in [3.63, 3.8) is 0 Å². The van der Waals surface area contributed by atoms with Gasteiger partial charge in [-0.3, -0.25) is 0 Å². The molecule has 9 N–H and O–H groups in total. The van der Waals surface area contributed by atoms with Gasteiger partial charge in [0, 0.05) is 12.5 Å². The van der Waals surface area contributed by atoms with Crippen LogP contribution in [0, 0.1) is 5.92 Å². The van der Waals surface area contributed by atoms with Gasteiger partial charge in [-0.2, -0.15) is 0 Å². The van der Waals surface area contributed by atoms with Crippen molar-refractivity contribution < 1.29 is 83.9 Å². The summed E-state index contributed by atoms with van der Waals surface area (Å²) < 4.78 is 38.9. The van der Waals surface area contributed by atoms with Crippen molar-refractivity contribution in [1.82, 2.24) is 0 Å². The molecule has 0 bridgehead atoms. The Kier molecular flexibility index (Phi) is 11.1. The molecule has 3 fully saturated rings. The van der Waals surface area contributed by atoms with Gasteiger partial charge in [0.25, 0.3) is 0 Å². The number of benzene rings is 1. The van der Waals surface area contributed by atoms with Crippen molar-refractivity contribution in [3.8, 4) is 5.75 Å². The highest BCUT2D eigenvalue weighted by Crippen LogP contribution is 2.49. The van der Waals surface area contributed by atoms with E-state index in [1.807, 2.05) is 0 Å². The third kappa shape index (κ3) is 7.24. The van der Waals surface area contributed by atoms with Crippen LogP contribution < -0.4 is 4.74 Å². The van der Waals surface area contributed by atoms with Crippen LogP contribution in [-0.4, -0.2) is 157 Å². The summed E-state index contributed by atoms with van der Waals surface area (Å²) in [5, 5.41) is 95.6. The summed E-state index contributed by atoms with van der Waals surface area (Å²) in [5.74, 6) is -1.52. The summed E-state index contributed by atoms with van der Waals surface area (Å²) in [6.07, 6.45) is -15.8. The van der Waals surface area contributed by atoms with Crippen LogP contribution in [0.1, 0.15) is 18.9 Å². The highest BCUT2D eigenvalue weighted by molar-refractivity contribution is 5.87. The number of carbonyl (C=O) groups is 1. The molecule has 17 heteroatoms. The molecule has 1 saturated carbocycles. The van der Waals surface area contributed by atoms with Crippen LogP contribution >= 0.6 is 0 Å². The third-order valence-corrected chi connectivity index (χ3v) is 9.10. The third-order valence-electron chi connectivity index (χ3n) is 9.10. The Hall–Kier alpha value is -2.75. The fourth-order valence-corrected chi connectivity index (χ4v) is 6.38. The smallest absolute Gasteiger partial charge is 0.330 e. The molecule has 5 rings (SSSR count). The Morgan fingerprint density at radius 1 is 0.896 bits per heavy atom. The predicted octanol–water partition coefficient (Wildman–Crippen LogP) is -3.37. The number of carbonyl (C=O) groups excluding carboxylic acids is 1. The molecule has 3 heterocycles. The van der Waals surface area contributed by atoms with Gasteiger partial charge in [-0.15, -0.1) is 0 Å². The van der Waals surface area contributed by atoms with Crippen LogP contribution in [0.5, 0.6) is 5.75 Å². The summed E-state index contributed by atoms with van der Waals surface area (Å²) in [7, 11) is 1.52. The average molecular weight is 687 g/mol. The van der Waals surface area contributed by atoms with E-state index in [4.69, 9.17) is 33.2 Å². The number of aliphatic hydroxyl groups is 9. The minimum atomic E-state index is -2.00. The lowest BCUT2D eigenvalue weighted by Gasteiger charge is -2.48. The number of hydrogen-bond acceptors (Lipinski definition) is 17. The Bertz CT molecular complexity index is 1300. The zero-order valence-corrected chi connectivity index (χ0v) is 26.0. The molecule has 0 spiro atoms. The van der Waals surface area contributed by atoms with E-state index in [9.17, 15) is 50.8 Å². The fourth-order valence-electron chi connectivity index (χ4n) is 6.38. The molecule has 3 aliphatic heterocycles. The fraction of sp³-hybridized carbons (Fsp3) is 0.645. The lowest BCUT2D eigenvalue weighted by Crippen LogP contribution is -2.65. The molecule has 15 atom stereocenters. The second-order valence-electron chi connectivity index (χ2n) is 12.4. The number of ether oxygens (including phenoxy) is 7. The van der Waals surface area contributed by atoms with Crippen LogP contribution in [0.2, 0.25) is 0 Å². The van der Waals surface area contributed by atoms with Gasteiger partial charge in [0.1, 0.15) is 66.8 Å². The first-order chi connectivity index (χ1) is 22.7. The molecular formula is C31H42O17. The van der Waals surface area contributed by atoms with Crippen molar-refractivity contribution >= 4 is 12.0 Å². The summed E-state index contributed by atoms with van der Waals surface area (Å²) in [6.45, 7) is -0.0368. The first-order valence-corrected chi connectivity index (χ1v) is 15.3. The summed E-state index contributed by atoms with van der Waals surface area (Å²) in [5.41, 5.74) is -3.08. The van der Waals surface area contributed by atoms with Crippen LogP contribution in [0.3, 0.4) is 0 Å². The van der Waals surface area contributed by atoms with Gasteiger partial charge >= 0.3 is 5.97 Å². The van der Waals surface area contributed by atoms with E-state index in [-0.39, 0.29) is 6.42 Å². The summed E-state index contributed by atoms with van der Waals surface area (Å²) in [6, 6.07) is 6.79. The number of rotatable bonds is 10. The molecule has 0 unspecified atom stereocenters. The second-order valence-corrected chi connectivity index (χ2v) is 12.4. The minimum Gasteiger partial charge on any atom is -0.497 e. The molecule has 17 nitrogen and oxygen atoms in total. The van der Waals surface area contributed by atoms with Gasteiger partial charge in [-0.25, -0.2) is 4.79 Å². The number of fused-ring (bicyclic) bond motifs is 1. The van der Waals surface area contributed by atoms with E-state index >= 15 is 0 Å². The van der Waals surface area contributed by atoms with Crippen molar-refractivity contribution in [2.24, 2.45) is 5.92 Å². The van der Waals surface area contributed by atoms with Gasteiger partial charge in [-0.1, -0.05) is 12.1 Å². The first-order valence-electron chi connectivity index (χ1n) is 15.3. The lowest BCUT2D eigenvalue weighted by atomic mass is 9.81. The van der Waals surface area contributed by atoms with Gasteiger partial charge < -0.3 is 79.1 Å². The van der Waals surface area contributed by atoms with E-state index in [1.54, 1.807) is 24.3 Å². The number of methoxy groups -OCH3 is 1. The average Bonchev–Trinajstić information content (AvgIpc) is 3.25. The van der Waals surface area contributed by atoms with Gasteiger partial charge in [-0.05, 0) is 36.8 Å². The van der Waals surface area contributed by atoms with Crippen molar-refractivity contribution in [3.05, 3.63) is 48.2 Å². The molecule has 0 amide bonds. The zero-order valence-electron chi connectivity index (χ0n) is 26.0. The molecule has 2 saturated heterocycles. The maximum Gasteiger partial charge on any atom is 0.330 e. The molecule has 1 aromatic carbocycles. The molecule has 48 heavy (non-hydrogen) atoms. The SMILES string of the molecule is COc1ccc(C=CC(=O)OC[C@H]2O[C@@H](O[C@H]3OC=C[C@@]4(O)[C@@H]3[C@](C)(O)C[C@@H]4O)[C@H](O[C@@H]3O[C@H](CO)[C@@H](O)[C@H](O)[C@H]3O)[C@@H](O)[C@@H]2O)cc1. The Morgan fingerprint density at radius 2 is 1.56 bits per heavy atom. The van der Waals surface area contributed by atoms with Gasteiger partial charge in [0.15, 0.2) is 12.6 Å². The molecule has 0 aromatic heterocycles. The van der Waals surface area contributed by atoms with Gasteiger partial charge in [0.2, 0.25) is 6.29 Å². The van der Waals surface area contributed by atoms with E-state index < -0.39 is 110 Å². The van der Waals surface area contributed by atoms with Crippen molar-refractivity contribution in [1.29, 1.82) is 0 Å². The zero-order chi connectivity index (χ0) is 35.0. The molecular weight excluding hydrogens is 644 g/mol. The lowest BCUT2D eigenvalue weighted by molar-refractivity contribution is -0.388. The van der Waals surface area contributed by atoms with E-state index in [1.165, 1.54) is 20.1 Å². The molecule has 268 valence electrons. The van der Waals surface area contributed by atoms with Gasteiger partial charge in [0.05, 0.1) is 37.6 Å². The summed E-state index contributed by atoms with van der Waals surface area (Å²) >= 11 is 0. The predicted molar refractivity (Wildman–Crippen MR) is 157 cm³/mol. The minimum absolute atomic E-state index is 0.262. The normalized spacial score (nSPS) is 44.3. The van der Waals surface area contributed by atoms with Crippen LogP contribution in [-0.2, 0) is 33.2 Å². The van der Waals surface area contributed by atoms with E-state index in [2.05, 4.69) is 0 Å². The topological polar surface area (TPSA) is 264 Å². The number of esters is 1. The quantitative estimate of drug-likeness (QED) is 0.0859. The first kappa shape index (κ1) is 36.5. The number of aliphatic hydroxyl groups excluding tert-OH is 7. The van der Waals surface area contributed by atoms with E-state index in [0.717, 1.165) is 18.4 Å².